The first-order valence-corrected chi connectivity index (χ1v) is 11.2. The Labute approximate surface area is 196 Å². The number of H-pyrrole nitrogens is 1. The van der Waals surface area contributed by atoms with E-state index in [2.05, 4.69) is 59.2 Å². The molecule has 1 saturated heterocycles. The number of nitrogens with zero attached hydrogens (tertiary/aromatic N) is 6. The summed E-state index contributed by atoms with van der Waals surface area (Å²) in [7, 11) is 0. The van der Waals surface area contributed by atoms with E-state index in [1.54, 1.807) is 6.20 Å². The lowest BCUT2D eigenvalue weighted by Gasteiger charge is -2.27. The van der Waals surface area contributed by atoms with Crippen molar-refractivity contribution in [2.45, 2.75) is 27.7 Å². The summed E-state index contributed by atoms with van der Waals surface area (Å²) in [4.78, 5) is 40.2. The number of ether oxygens (including phenoxy) is 1. The number of aryl methyl sites for hydroxylation is 4. The average molecular weight is 459 g/mol. The number of aromatic amines is 1. The smallest absolute Gasteiger partial charge is 0.252 e. The Morgan fingerprint density at radius 2 is 1.76 bits per heavy atom. The summed E-state index contributed by atoms with van der Waals surface area (Å²) in [5, 5.41) is 4.07. The molecule has 0 saturated carbocycles. The number of benzene rings is 1. The molecular formula is C24H26N8O2. The van der Waals surface area contributed by atoms with Crippen LogP contribution in [0.25, 0.3) is 22.2 Å². The van der Waals surface area contributed by atoms with Crippen molar-refractivity contribution in [1.29, 1.82) is 0 Å². The molecule has 0 radical (unpaired) electrons. The van der Waals surface area contributed by atoms with E-state index in [1.165, 1.54) is 6.07 Å². The molecule has 1 aliphatic heterocycles. The van der Waals surface area contributed by atoms with Gasteiger partial charge in [-0.25, -0.2) is 24.9 Å². The monoisotopic (exact) mass is 458 g/mol. The number of rotatable bonds is 4. The molecule has 4 heterocycles. The van der Waals surface area contributed by atoms with Crippen LogP contribution in [0.3, 0.4) is 0 Å². The molecule has 1 aliphatic rings. The van der Waals surface area contributed by atoms with Gasteiger partial charge in [0.25, 0.3) is 5.56 Å². The predicted octanol–water partition coefficient (Wildman–Crippen LogP) is 2.98. The lowest BCUT2D eigenvalue weighted by atomic mass is 10.1. The molecule has 4 aromatic rings. The second kappa shape index (κ2) is 8.79. The van der Waals surface area contributed by atoms with Gasteiger partial charge in [-0.15, -0.1) is 0 Å². The number of morpholine rings is 1. The second-order valence-corrected chi connectivity index (χ2v) is 8.48. The first-order valence-electron chi connectivity index (χ1n) is 11.2. The maximum atomic E-state index is 12.4. The summed E-state index contributed by atoms with van der Waals surface area (Å²) >= 11 is 0. The molecule has 0 unspecified atom stereocenters. The maximum absolute atomic E-state index is 12.4. The molecule has 34 heavy (non-hydrogen) atoms. The van der Waals surface area contributed by atoms with Crippen LogP contribution in [0.4, 0.5) is 17.8 Å². The van der Waals surface area contributed by atoms with Gasteiger partial charge in [-0.2, -0.15) is 0 Å². The third-order valence-electron chi connectivity index (χ3n) is 5.83. The Morgan fingerprint density at radius 1 is 0.971 bits per heavy atom. The van der Waals surface area contributed by atoms with Gasteiger partial charge >= 0.3 is 0 Å². The lowest BCUT2D eigenvalue weighted by molar-refractivity contribution is 0.122. The van der Waals surface area contributed by atoms with Crippen LogP contribution in [-0.2, 0) is 4.74 Å². The lowest BCUT2D eigenvalue weighted by Crippen LogP contribution is -2.37. The first kappa shape index (κ1) is 21.9. The summed E-state index contributed by atoms with van der Waals surface area (Å²) in [6, 6.07) is 5.60. The van der Waals surface area contributed by atoms with Crippen molar-refractivity contribution in [3.63, 3.8) is 0 Å². The van der Waals surface area contributed by atoms with Crippen molar-refractivity contribution in [2.75, 3.05) is 36.5 Å². The number of hydrogen-bond donors (Lipinski definition) is 2. The largest absolute Gasteiger partial charge is 0.378 e. The molecule has 0 aliphatic carbocycles. The van der Waals surface area contributed by atoms with Gasteiger partial charge in [-0.3, -0.25) is 15.1 Å². The third-order valence-corrected chi connectivity index (χ3v) is 5.83. The van der Waals surface area contributed by atoms with E-state index in [0.717, 1.165) is 46.5 Å². The Hall–Kier alpha value is -3.92. The zero-order chi connectivity index (χ0) is 23.8. The number of nitrogens with one attached hydrogen (secondary N) is 2. The predicted molar refractivity (Wildman–Crippen MR) is 131 cm³/mol. The van der Waals surface area contributed by atoms with Gasteiger partial charge in [0.05, 0.1) is 35.8 Å². The first-order chi connectivity index (χ1) is 16.4. The highest BCUT2D eigenvalue weighted by molar-refractivity contribution is 5.85. The highest BCUT2D eigenvalue weighted by atomic mass is 16.5. The van der Waals surface area contributed by atoms with Crippen LogP contribution >= 0.6 is 0 Å². The van der Waals surface area contributed by atoms with E-state index in [0.29, 0.717) is 36.4 Å². The maximum Gasteiger partial charge on any atom is 0.252 e. The van der Waals surface area contributed by atoms with Gasteiger partial charge in [0.2, 0.25) is 17.8 Å². The minimum absolute atomic E-state index is 0.252. The Bertz CT molecular complexity index is 1440. The summed E-state index contributed by atoms with van der Waals surface area (Å²) in [5.74, 6) is 1.27. The highest BCUT2D eigenvalue weighted by Gasteiger charge is 2.17. The molecule has 0 bridgehead atoms. The van der Waals surface area contributed by atoms with Gasteiger partial charge < -0.3 is 9.64 Å². The molecular weight excluding hydrogens is 432 g/mol. The van der Waals surface area contributed by atoms with Crippen LogP contribution in [0, 0.1) is 27.7 Å². The molecule has 10 heteroatoms. The van der Waals surface area contributed by atoms with Gasteiger partial charge in [0, 0.05) is 36.3 Å². The van der Waals surface area contributed by atoms with E-state index in [1.807, 2.05) is 20.8 Å². The fourth-order valence-corrected chi connectivity index (χ4v) is 4.17. The van der Waals surface area contributed by atoms with Crippen molar-refractivity contribution in [3.8, 4) is 11.3 Å². The molecule has 3 aromatic heterocycles. The average Bonchev–Trinajstić information content (AvgIpc) is 2.80. The minimum Gasteiger partial charge on any atom is -0.378 e. The second-order valence-electron chi connectivity index (χ2n) is 8.48. The number of anilines is 3. The topological polar surface area (TPSA) is 122 Å². The Kier molecular flexibility index (Phi) is 5.66. The SMILES string of the molecule is Cc1cc(C)c2nc(Nc3nc(-c4cnc(N5CCOCC5)nc4C)cc(=O)[nH]3)nc(C)c2c1. The van der Waals surface area contributed by atoms with Crippen LogP contribution in [0.5, 0.6) is 0 Å². The summed E-state index contributed by atoms with van der Waals surface area (Å²) < 4.78 is 5.40. The van der Waals surface area contributed by atoms with Crippen molar-refractivity contribution >= 4 is 28.7 Å². The fraction of sp³-hybridized carbons (Fsp3) is 0.333. The molecule has 2 N–H and O–H groups in total. The third kappa shape index (κ3) is 4.32. The molecule has 1 aromatic carbocycles. The van der Waals surface area contributed by atoms with Gasteiger partial charge in [0.1, 0.15) is 0 Å². The molecule has 0 atom stereocenters. The Balaban J connectivity index is 1.47. The van der Waals surface area contributed by atoms with Gasteiger partial charge in [-0.1, -0.05) is 11.6 Å². The molecule has 1 fully saturated rings. The molecule has 5 rings (SSSR count). The number of hydrogen-bond acceptors (Lipinski definition) is 9. The van der Waals surface area contributed by atoms with E-state index < -0.39 is 0 Å². The highest BCUT2D eigenvalue weighted by Crippen LogP contribution is 2.25. The zero-order valence-corrected chi connectivity index (χ0v) is 19.6. The summed E-state index contributed by atoms with van der Waals surface area (Å²) in [6.45, 7) is 10.7. The zero-order valence-electron chi connectivity index (χ0n) is 19.6. The van der Waals surface area contributed by atoms with Crippen molar-refractivity contribution < 1.29 is 4.74 Å². The van der Waals surface area contributed by atoms with Crippen molar-refractivity contribution in [1.82, 2.24) is 29.9 Å². The van der Waals surface area contributed by atoms with E-state index >= 15 is 0 Å². The van der Waals surface area contributed by atoms with Crippen molar-refractivity contribution in [3.05, 3.63) is 57.3 Å². The number of fused-ring (bicyclic) bond motifs is 1. The normalized spacial score (nSPS) is 13.9. The van der Waals surface area contributed by atoms with Gasteiger partial charge in [0.15, 0.2) is 0 Å². The van der Waals surface area contributed by atoms with Crippen LogP contribution < -0.4 is 15.8 Å². The minimum atomic E-state index is -0.298. The molecule has 174 valence electrons. The van der Waals surface area contributed by atoms with Crippen LogP contribution in [0.15, 0.2) is 29.2 Å². The number of aromatic nitrogens is 6. The van der Waals surface area contributed by atoms with Crippen LogP contribution in [0.1, 0.15) is 22.5 Å². The summed E-state index contributed by atoms with van der Waals surface area (Å²) in [5.41, 5.74) is 5.54. The van der Waals surface area contributed by atoms with Gasteiger partial charge in [-0.05, 0) is 39.3 Å². The molecule has 0 amide bonds. The van der Waals surface area contributed by atoms with E-state index in [9.17, 15) is 4.79 Å². The standard InChI is InChI=1S/C24H26N8O2/c1-13-9-14(2)21-17(10-13)15(3)26-22(30-21)31-23-28-19(11-20(33)29-23)18-12-25-24(27-16(18)4)32-5-7-34-8-6-32/h9-12H,5-8H2,1-4H3,(H2,26,28,29,30,31,33). The summed E-state index contributed by atoms with van der Waals surface area (Å²) in [6.07, 6.45) is 1.71. The van der Waals surface area contributed by atoms with Crippen LogP contribution in [0.2, 0.25) is 0 Å². The van der Waals surface area contributed by atoms with E-state index in [-0.39, 0.29) is 11.5 Å². The van der Waals surface area contributed by atoms with E-state index in [4.69, 9.17) is 4.74 Å². The van der Waals surface area contributed by atoms with Crippen molar-refractivity contribution in [2.24, 2.45) is 0 Å². The molecule has 10 nitrogen and oxygen atoms in total. The molecule has 0 spiro atoms. The quantitative estimate of drug-likeness (QED) is 0.475. The van der Waals surface area contributed by atoms with Crippen LogP contribution in [-0.4, -0.2) is 56.2 Å². The fourth-order valence-electron chi connectivity index (χ4n) is 4.17. The Morgan fingerprint density at radius 3 is 2.53 bits per heavy atom.